The van der Waals surface area contributed by atoms with Gasteiger partial charge in [0.25, 0.3) is 5.91 Å². The standard InChI is InChI=1S/C37H56N4O5/c1-8-21-39(22-9-2)33(43)30-31-34(44)41(24-15-13-14-16-25-42)32(37(31)26-27(6)36(30,7)46-37)35(45)40(23-10-3)29-19-17-28(18-20-29)38(11-4)12-5/h8,10,17-20,27,30-32,42H,1,3,9,11-16,21-26H2,2,4-7H3/t27?,30-,31+,32?,36+,37?/m1/s1. The van der Waals surface area contributed by atoms with Gasteiger partial charge < -0.3 is 29.4 Å². The Morgan fingerprint density at radius 2 is 1.63 bits per heavy atom. The van der Waals surface area contributed by atoms with Gasteiger partial charge in [-0.15, -0.1) is 13.2 Å². The first-order valence-electron chi connectivity index (χ1n) is 17.4. The van der Waals surface area contributed by atoms with E-state index in [-0.39, 0.29) is 36.8 Å². The van der Waals surface area contributed by atoms with Crippen molar-refractivity contribution in [2.75, 3.05) is 55.7 Å². The predicted molar refractivity (Wildman–Crippen MR) is 184 cm³/mol. The zero-order chi connectivity index (χ0) is 33.6. The van der Waals surface area contributed by atoms with Gasteiger partial charge in [0.2, 0.25) is 11.8 Å². The van der Waals surface area contributed by atoms with Crippen LogP contribution in [0.1, 0.15) is 73.1 Å². The van der Waals surface area contributed by atoms with Crippen molar-refractivity contribution in [2.45, 2.75) is 90.4 Å². The van der Waals surface area contributed by atoms with Gasteiger partial charge in [-0.05, 0) is 76.6 Å². The molecular weight excluding hydrogens is 580 g/mol. The van der Waals surface area contributed by atoms with Crippen LogP contribution in [0.3, 0.4) is 0 Å². The maximum absolute atomic E-state index is 15.0. The van der Waals surface area contributed by atoms with E-state index in [2.05, 4.69) is 38.8 Å². The van der Waals surface area contributed by atoms with E-state index in [0.29, 0.717) is 38.9 Å². The van der Waals surface area contributed by atoms with Crippen LogP contribution >= 0.6 is 0 Å². The molecule has 4 rings (SSSR count). The van der Waals surface area contributed by atoms with Crippen LogP contribution in [0.25, 0.3) is 0 Å². The van der Waals surface area contributed by atoms with Crippen molar-refractivity contribution >= 4 is 29.1 Å². The first-order valence-corrected chi connectivity index (χ1v) is 17.4. The minimum Gasteiger partial charge on any atom is -0.396 e. The van der Waals surface area contributed by atoms with E-state index in [1.165, 1.54) is 0 Å². The SMILES string of the molecule is C=CCN(CCC)C(=O)[C@H]1[C@H]2C(=O)N(CCCCCCO)C(C(=O)N(CC=C)c3ccc(N(CC)CC)cc3)C23CC(C)[C@]1(C)O3. The number of benzene rings is 1. The number of amides is 3. The van der Waals surface area contributed by atoms with Gasteiger partial charge in [-0.3, -0.25) is 14.4 Å². The molecule has 1 spiro atoms. The smallest absolute Gasteiger partial charge is 0.253 e. The van der Waals surface area contributed by atoms with Crippen LogP contribution in [0.5, 0.6) is 0 Å². The summed E-state index contributed by atoms with van der Waals surface area (Å²) in [6.45, 7) is 21.6. The number of carbonyl (C=O) groups excluding carboxylic acids is 3. The number of fused-ring (bicyclic) bond motifs is 1. The Bertz CT molecular complexity index is 1250. The minimum absolute atomic E-state index is 0.0290. The number of anilines is 2. The molecule has 6 atom stereocenters. The average Bonchev–Trinajstić information content (AvgIpc) is 3.56. The van der Waals surface area contributed by atoms with E-state index in [9.17, 15) is 19.5 Å². The third-order valence-electron chi connectivity index (χ3n) is 10.6. The second-order valence-corrected chi connectivity index (χ2v) is 13.4. The van der Waals surface area contributed by atoms with Crippen LogP contribution in [-0.4, -0.2) is 95.7 Å². The summed E-state index contributed by atoms with van der Waals surface area (Å²) in [7, 11) is 0. The molecule has 3 heterocycles. The van der Waals surface area contributed by atoms with Crippen molar-refractivity contribution in [3.05, 3.63) is 49.6 Å². The van der Waals surface area contributed by atoms with Crippen LogP contribution in [0.2, 0.25) is 0 Å². The highest BCUT2D eigenvalue weighted by Crippen LogP contribution is 2.65. The van der Waals surface area contributed by atoms with Crippen LogP contribution < -0.4 is 9.80 Å². The molecule has 3 aliphatic heterocycles. The Kier molecular flexibility index (Phi) is 11.8. The molecule has 0 aliphatic carbocycles. The summed E-state index contributed by atoms with van der Waals surface area (Å²) in [5.41, 5.74) is -0.169. The molecule has 1 N–H and O–H groups in total. The summed E-state index contributed by atoms with van der Waals surface area (Å²) in [6.07, 6.45) is 7.81. The molecule has 0 aromatic heterocycles. The van der Waals surface area contributed by atoms with Gasteiger partial charge in [0.15, 0.2) is 0 Å². The lowest BCUT2D eigenvalue weighted by atomic mass is 9.62. The lowest BCUT2D eigenvalue weighted by Gasteiger charge is -2.39. The van der Waals surface area contributed by atoms with Crippen molar-refractivity contribution in [3.63, 3.8) is 0 Å². The first kappa shape index (κ1) is 35.7. The molecule has 0 saturated carbocycles. The fraction of sp³-hybridized carbons (Fsp3) is 0.649. The maximum atomic E-state index is 15.0. The highest BCUT2D eigenvalue weighted by atomic mass is 16.5. The zero-order valence-electron chi connectivity index (χ0n) is 28.7. The molecule has 3 saturated heterocycles. The second-order valence-electron chi connectivity index (χ2n) is 13.4. The van der Waals surface area contributed by atoms with Crippen LogP contribution in [-0.2, 0) is 19.1 Å². The topological polar surface area (TPSA) is 93.6 Å². The van der Waals surface area contributed by atoms with Crippen LogP contribution in [0.15, 0.2) is 49.6 Å². The number of aliphatic hydroxyl groups excluding tert-OH is 1. The molecule has 3 unspecified atom stereocenters. The zero-order valence-corrected chi connectivity index (χ0v) is 28.7. The Hall–Kier alpha value is -3.17. The van der Waals surface area contributed by atoms with Gasteiger partial charge in [0.1, 0.15) is 11.6 Å². The molecule has 1 aromatic rings. The Balaban J connectivity index is 1.77. The number of nitrogens with zero attached hydrogens (tertiary/aromatic N) is 4. The van der Waals surface area contributed by atoms with Crippen LogP contribution in [0.4, 0.5) is 11.4 Å². The lowest BCUT2D eigenvalue weighted by molar-refractivity contribution is -0.151. The Morgan fingerprint density at radius 1 is 1.00 bits per heavy atom. The normalized spacial score (nSPS) is 27.9. The van der Waals surface area contributed by atoms with E-state index >= 15 is 0 Å². The average molecular weight is 637 g/mol. The van der Waals surface area contributed by atoms with Gasteiger partial charge in [-0.1, -0.05) is 38.8 Å². The third-order valence-corrected chi connectivity index (χ3v) is 10.6. The van der Waals surface area contributed by atoms with Crippen molar-refractivity contribution in [2.24, 2.45) is 17.8 Å². The fourth-order valence-corrected chi connectivity index (χ4v) is 8.33. The molecule has 9 nitrogen and oxygen atoms in total. The fourth-order valence-electron chi connectivity index (χ4n) is 8.33. The number of rotatable bonds is 18. The first-order chi connectivity index (χ1) is 22.1. The number of unbranched alkanes of at least 4 members (excludes halogenated alkanes) is 3. The monoisotopic (exact) mass is 636 g/mol. The van der Waals surface area contributed by atoms with Crippen LogP contribution in [0, 0.1) is 17.8 Å². The van der Waals surface area contributed by atoms with E-state index in [0.717, 1.165) is 43.7 Å². The van der Waals surface area contributed by atoms with Gasteiger partial charge in [0.05, 0.1) is 17.4 Å². The molecule has 3 amide bonds. The van der Waals surface area contributed by atoms with Gasteiger partial charge in [-0.25, -0.2) is 0 Å². The van der Waals surface area contributed by atoms with Crippen molar-refractivity contribution in [1.29, 1.82) is 0 Å². The summed E-state index contributed by atoms with van der Waals surface area (Å²) < 4.78 is 7.00. The van der Waals surface area contributed by atoms with Crippen molar-refractivity contribution < 1.29 is 24.2 Å². The molecule has 9 heteroatoms. The molecule has 3 fully saturated rings. The molecule has 46 heavy (non-hydrogen) atoms. The van der Waals surface area contributed by atoms with Gasteiger partial charge in [-0.2, -0.15) is 0 Å². The Morgan fingerprint density at radius 3 is 2.22 bits per heavy atom. The summed E-state index contributed by atoms with van der Waals surface area (Å²) in [5.74, 6) is -1.93. The molecule has 2 bridgehead atoms. The number of ether oxygens (including phenoxy) is 1. The number of aliphatic hydroxyl groups is 1. The maximum Gasteiger partial charge on any atom is 0.253 e. The van der Waals surface area contributed by atoms with Crippen molar-refractivity contribution in [3.8, 4) is 0 Å². The van der Waals surface area contributed by atoms with E-state index in [4.69, 9.17) is 4.74 Å². The number of likely N-dealkylation sites (tertiary alicyclic amines) is 1. The number of hydrogen-bond donors (Lipinski definition) is 1. The third kappa shape index (κ3) is 6.25. The lowest BCUT2D eigenvalue weighted by Crippen LogP contribution is -2.57. The van der Waals surface area contributed by atoms with E-state index in [1.54, 1.807) is 26.9 Å². The molecular formula is C37H56N4O5. The summed E-state index contributed by atoms with van der Waals surface area (Å²) >= 11 is 0. The summed E-state index contributed by atoms with van der Waals surface area (Å²) in [6, 6.07) is 7.11. The highest BCUT2D eigenvalue weighted by molar-refractivity contribution is 6.05. The minimum atomic E-state index is -1.11. The number of hydrogen-bond acceptors (Lipinski definition) is 6. The second kappa shape index (κ2) is 15.2. The largest absolute Gasteiger partial charge is 0.396 e. The van der Waals surface area contributed by atoms with E-state index in [1.807, 2.05) is 38.1 Å². The Labute approximate surface area is 276 Å². The quantitative estimate of drug-likeness (QED) is 0.179. The number of carbonyl (C=O) groups is 3. The molecule has 1 aromatic carbocycles. The molecule has 254 valence electrons. The summed E-state index contributed by atoms with van der Waals surface area (Å²) in [5, 5.41) is 9.28. The van der Waals surface area contributed by atoms with Crippen molar-refractivity contribution in [1.82, 2.24) is 9.80 Å². The molecule has 0 radical (unpaired) electrons. The summed E-state index contributed by atoms with van der Waals surface area (Å²) in [4.78, 5) is 51.4. The van der Waals surface area contributed by atoms with Gasteiger partial charge in [0, 0.05) is 57.3 Å². The predicted octanol–water partition coefficient (Wildman–Crippen LogP) is 5.04. The van der Waals surface area contributed by atoms with E-state index < -0.39 is 29.1 Å². The van der Waals surface area contributed by atoms with Gasteiger partial charge >= 0.3 is 0 Å². The highest BCUT2D eigenvalue weighted by Gasteiger charge is 2.80. The molecule has 3 aliphatic rings.